The summed E-state index contributed by atoms with van der Waals surface area (Å²) in [5.41, 5.74) is -0.719. The van der Waals surface area contributed by atoms with Crippen LogP contribution in [-0.2, 0) is 4.79 Å². The smallest absolute Gasteiger partial charge is 0.281 e. The van der Waals surface area contributed by atoms with Crippen molar-refractivity contribution in [3.63, 3.8) is 0 Å². The van der Waals surface area contributed by atoms with Gasteiger partial charge in [0.1, 0.15) is 12.1 Å². The molecule has 1 N–H and O–H groups in total. The van der Waals surface area contributed by atoms with E-state index >= 15 is 0 Å². The van der Waals surface area contributed by atoms with Gasteiger partial charge in [-0.2, -0.15) is 0 Å². The van der Waals surface area contributed by atoms with Crippen LogP contribution >= 0.6 is 0 Å². The fourth-order valence-electron chi connectivity index (χ4n) is 3.77. The first-order valence-electron chi connectivity index (χ1n) is 7.70. The molecular formula is C15H30N3O2+. The number of aliphatic hydroxyl groups is 1. The van der Waals surface area contributed by atoms with Crippen molar-refractivity contribution in [1.82, 2.24) is 9.80 Å². The number of likely N-dealkylation sites (N-methyl/N-ethyl adjacent to an activating group) is 1. The van der Waals surface area contributed by atoms with Gasteiger partial charge in [-0.15, -0.1) is 0 Å². The van der Waals surface area contributed by atoms with Crippen LogP contribution in [0.1, 0.15) is 27.2 Å². The van der Waals surface area contributed by atoms with Crippen LogP contribution in [0.5, 0.6) is 0 Å². The molecule has 0 spiro atoms. The highest BCUT2D eigenvalue weighted by Gasteiger charge is 2.52. The lowest BCUT2D eigenvalue weighted by atomic mass is 10.0. The molecule has 2 atom stereocenters. The molecule has 0 radical (unpaired) electrons. The van der Waals surface area contributed by atoms with Gasteiger partial charge in [-0.3, -0.25) is 9.69 Å². The van der Waals surface area contributed by atoms with E-state index in [0.717, 1.165) is 26.2 Å². The van der Waals surface area contributed by atoms with E-state index in [4.69, 9.17) is 0 Å². The van der Waals surface area contributed by atoms with Crippen LogP contribution in [0.25, 0.3) is 0 Å². The molecule has 1 amide bonds. The second kappa shape index (κ2) is 5.28. The van der Waals surface area contributed by atoms with Crippen molar-refractivity contribution in [3.05, 3.63) is 0 Å². The molecular weight excluding hydrogens is 254 g/mol. The number of amides is 1. The highest BCUT2D eigenvalue weighted by Crippen LogP contribution is 2.32. The monoisotopic (exact) mass is 284 g/mol. The van der Waals surface area contributed by atoms with Gasteiger partial charge in [-0.05, 0) is 20.8 Å². The third-order valence-electron chi connectivity index (χ3n) is 4.87. The summed E-state index contributed by atoms with van der Waals surface area (Å²) < 4.78 is 0.593. The van der Waals surface area contributed by atoms with E-state index in [0.29, 0.717) is 23.5 Å². The standard InChI is InChI=1S/C15H30N3O2/c1-12(2)16-6-8-17(9-7-16)14(19)13-10-15(3,20)11-18(13,4)5/h12-13,20H,6-11H2,1-5H3/q+1/t13-,15+/m0/s1. The van der Waals surface area contributed by atoms with Gasteiger partial charge in [0.25, 0.3) is 5.91 Å². The molecule has 0 aromatic heterocycles. The van der Waals surface area contributed by atoms with Crippen molar-refractivity contribution in [2.24, 2.45) is 0 Å². The maximum Gasteiger partial charge on any atom is 0.281 e. The van der Waals surface area contributed by atoms with Crippen LogP contribution in [0, 0.1) is 0 Å². The Morgan fingerprint density at radius 2 is 1.80 bits per heavy atom. The number of piperazine rings is 1. The molecule has 0 bridgehead atoms. The van der Waals surface area contributed by atoms with Gasteiger partial charge < -0.3 is 14.5 Å². The highest BCUT2D eigenvalue weighted by atomic mass is 16.3. The minimum absolute atomic E-state index is 0.101. The molecule has 2 aliphatic rings. The SMILES string of the molecule is CC(C)N1CCN(C(=O)[C@@H]2C[C@@](C)(O)C[N+]2(C)C)CC1. The molecule has 0 unspecified atom stereocenters. The van der Waals surface area contributed by atoms with Crippen LogP contribution in [0.15, 0.2) is 0 Å². The van der Waals surface area contributed by atoms with Crippen molar-refractivity contribution >= 4 is 5.91 Å². The lowest BCUT2D eigenvalue weighted by Gasteiger charge is -2.39. The summed E-state index contributed by atoms with van der Waals surface area (Å²) in [6.45, 7) is 10.4. The second-order valence-electron chi connectivity index (χ2n) is 7.61. The average Bonchev–Trinajstić information content (AvgIpc) is 2.56. The third kappa shape index (κ3) is 3.15. The van der Waals surface area contributed by atoms with E-state index in [1.165, 1.54) is 0 Å². The Kier molecular flexibility index (Phi) is 4.15. The zero-order valence-corrected chi connectivity index (χ0v) is 13.6. The van der Waals surface area contributed by atoms with E-state index in [-0.39, 0.29) is 11.9 Å². The Labute approximate surface area is 122 Å². The summed E-state index contributed by atoms with van der Waals surface area (Å²) in [5.74, 6) is 0.219. The Bertz CT molecular complexity index is 371. The zero-order valence-electron chi connectivity index (χ0n) is 13.6. The van der Waals surface area contributed by atoms with Gasteiger partial charge in [0.05, 0.1) is 14.1 Å². The number of rotatable bonds is 2. The van der Waals surface area contributed by atoms with Crippen molar-refractivity contribution in [1.29, 1.82) is 0 Å². The van der Waals surface area contributed by atoms with E-state index in [1.54, 1.807) is 0 Å². The molecule has 20 heavy (non-hydrogen) atoms. The number of hydrogen-bond donors (Lipinski definition) is 1. The van der Waals surface area contributed by atoms with Crippen LogP contribution in [-0.4, -0.2) is 89.8 Å². The minimum atomic E-state index is -0.719. The normalized spacial score (nSPS) is 34.8. The summed E-state index contributed by atoms with van der Waals surface area (Å²) in [6.07, 6.45) is 0.573. The first kappa shape index (κ1) is 15.7. The predicted molar refractivity (Wildman–Crippen MR) is 79.3 cm³/mol. The quantitative estimate of drug-likeness (QED) is 0.734. The van der Waals surface area contributed by atoms with Crippen LogP contribution in [0.3, 0.4) is 0 Å². The van der Waals surface area contributed by atoms with Crippen LogP contribution in [0.4, 0.5) is 0 Å². The summed E-state index contributed by atoms with van der Waals surface area (Å²) in [6, 6.07) is 0.447. The maximum atomic E-state index is 12.8. The summed E-state index contributed by atoms with van der Waals surface area (Å²) in [5, 5.41) is 10.3. The van der Waals surface area contributed by atoms with E-state index in [2.05, 4.69) is 32.8 Å². The van der Waals surface area contributed by atoms with Crippen LogP contribution in [0.2, 0.25) is 0 Å². The topological polar surface area (TPSA) is 43.8 Å². The predicted octanol–water partition coefficient (Wildman–Crippen LogP) is 0.139. The highest BCUT2D eigenvalue weighted by molar-refractivity contribution is 5.81. The molecule has 2 saturated heterocycles. The van der Waals surface area contributed by atoms with Gasteiger partial charge in [0, 0.05) is 38.6 Å². The molecule has 2 fully saturated rings. The zero-order chi connectivity index (χ0) is 15.1. The number of likely N-dealkylation sites (tertiary alicyclic amines) is 1. The molecule has 2 aliphatic heterocycles. The molecule has 5 nitrogen and oxygen atoms in total. The van der Waals surface area contributed by atoms with Crippen molar-refractivity contribution in [3.8, 4) is 0 Å². The van der Waals surface area contributed by atoms with Gasteiger partial charge in [0.15, 0.2) is 6.04 Å². The molecule has 5 heteroatoms. The summed E-state index contributed by atoms with van der Waals surface area (Å²) in [4.78, 5) is 17.2. The Morgan fingerprint density at radius 1 is 1.25 bits per heavy atom. The van der Waals surface area contributed by atoms with Crippen molar-refractivity contribution < 1.29 is 14.4 Å². The number of carbonyl (C=O) groups is 1. The molecule has 116 valence electrons. The van der Waals surface area contributed by atoms with Gasteiger partial charge in [-0.25, -0.2) is 0 Å². The van der Waals surface area contributed by atoms with E-state index in [1.807, 2.05) is 11.8 Å². The lowest BCUT2D eigenvalue weighted by molar-refractivity contribution is -0.896. The maximum absolute atomic E-state index is 12.8. The van der Waals surface area contributed by atoms with Gasteiger partial charge in [0.2, 0.25) is 0 Å². The second-order valence-corrected chi connectivity index (χ2v) is 7.61. The molecule has 2 heterocycles. The Morgan fingerprint density at radius 3 is 2.20 bits per heavy atom. The number of hydrogen-bond acceptors (Lipinski definition) is 3. The van der Waals surface area contributed by atoms with E-state index in [9.17, 15) is 9.90 Å². The van der Waals surface area contributed by atoms with Crippen molar-refractivity contribution in [2.45, 2.75) is 44.9 Å². The van der Waals surface area contributed by atoms with Crippen molar-refractivity contribution in [2.75, 3.05) is 46.8 Å². The number of carbonyl (C=O) groups excluding carboxylic acids is 1. The van der Waals surface area contributed by atoms with Gasteiger partial charge >= 0.3 is 0 Å². The third-order valence-corrected chi connectivity index (χ3v) is 4.87. The fraction of sp³-hybridized carbons (Fsp3) is 0.933. The number of nitrogens with zero attached hydrogens (tertiary/aromatic N) is 3. The molecule has 2 rings (SSSR count). The molecule has 0 aromatic rings. The first-order valence-corrected chi connectivity index (χ1v) is 7.70. The molecule has 0 saturated carbocycles. The molecule has 0 aromatic carbocycles. The summed E-state index contributed by atoms with van der Waals surface area (Å²) >= 11 is 0. The van der Waals surface area contributed by atoms with Crippen LogP contribution < -0.4 is 0 Å². The summed E-state index contributed by atoms with van der Waals surface area (Å²) in [7, 11) is 4.10. The minimum Gasteiger partial charge on any atom is -0.384 e. The lowest BCUT2D eigenvalue weighted by Crippen LogP contribution is -2.58. The average molecular weight is 284 g/mol. The van der Waals surface area contributed by atoms with Gasteiger partial charge in [-0.1, -0.05) is 0 Å². The Hall–Kier alpha value is -0.650. The first-order chi connectivity index (χ1) is 9.12. The fourth-order valence-corrected chi connectivity index (χ4v) is 3.77. The Balaban J connectivity index is 1.99. The number of quaternary nitrogens is 1. The van der Waals surface area contributed by atoms with E-state index < -0.39 is 5.60 Å². The largest absolute Gasteiger partial charge is 0.384 e. The molecule has 0 aliphatic carbocycles.